The minimum Gasteiger partial charge on any atom is -0.459 e. The molecule has 3 aliphatic heterocycles. The predicted octanol–water partition coefficient (Wildman–Crippen LogP) is 4.82. The van der Waals surface area contributed by atoms with Gasteiger partial charge in [-0.05, 0) is 70.8 Å². The van der Waals surface area contributed by atoms with Gasteiger partial charge in [0.15, 0.2) is 10.9 Å². The summed E-state index contributed by atoms with van der Waals surface area (Å²) >= 11 is 1.64. The Bertz CT molecular complexity index is 2050. The van der Waals surface area contributed by atoms with Gasteiger partial charge < -0.3 is 20.3 Å². The van der Waals surface area contributed by atoms with Crippen LogP contribution in [0.5, 0.6) is 6.01 Å². The minimum absolute atomic E-state index is 0.0187. The molecule has 3 N–H and O–H groups in total. The number of benzene rings is 1. The highest BCUT2D eigenvalue weighted by molar-refractivity contribution is 7.87. The Morgan fingerprint density at radius 2 is 1.85 bits per heavy atom. The number of nitrogens with one attached hydrogen (secondary N) is 1. The van der Waals surface area contributed by atoms with E-state index < -0.39 is 39.7 Å². The Balaban J connectivity index is 1.18. The van der Waals surface area contributed by atoms with E-state index in [0.29, 0.717) is 18.9 Å². The maximum absolute atomic E-state index is 14.4. The lowest BCUT2D eigenvalue weighted by Crippen LogP contribution is -2.50. The van der Waals surface area contributed by atoms with Gasteiger partial charge in [0.05, 0.1) is 35.3 Å². The normalized spacial score (nSPS) is 27.5. The molecule has 0 unspecified atom stereocenters. The zero-order valence-corrected chi connectivity index (χ0v) is 33.9. The predicted molar refractivity (Wildman–Crippen MR) is 213 cm³/mol. The second-order valence-corrected chi connectivity index (χ2v) is 18.8. The lowest BCUT2D eigenvalue weighted by molar-refractivity contribution is -0.140. The summed E-state index contributed by atoms with van der Waals surface area (Å²) in [5.41, 5.74) is 8.67. The summed E-state index contributed by atoms with van der Waals surface area (Å²) in [5.74, 6) is -1.65. The van der Waals surface area contributed by atoms with E-state index >= 15 is 0 Å². The molecular formula is C39H54N8O6S2. The Morgan fingerprint density at radius 1 is 1.09 bits per heavy atom. The number of aromatic nitrogens is 3. The number of nitrogens with two attached hydrogens (primary N) is 1. The third kappa shape index (κ3) is 8.05. The van der Waals surface area contributed by atoms with Crippen LogP contribution in [0, 0.1) is 11.3 Å². The molecule has 0 spiro atoms. The molecule has 0 radical (unpaired) electrons. The molecule has 16 heteroatoms. The second kappa shape index (κ2) is 15.9. The first-order valence-electron chi connectivity index (χ1n) is 19.7. The van der Waals surface area contributed by atoms with Crippen molar-refractivity contribution in [3.05, 3.63) is 35.7 Å². The first-order chi connectivity index (χ1) is 26.3. The zero-order chi connectivity index (χ0) is 39.1. The summed E-state index contributed by atoms with van der Waals surface area (Å²) in [7, 11) is -1.41. The highest BCUT2D eigenvalue weighted by atomic mass is 32.2. The van der Waals surface area contributed by atoms with Gasteiger partial charge in [-0.15, -0.1) is 11.3 Å². The van der Waals surface area contributed by atoms with E-state index in [1.54, 1.807) is 11.3 Å². The van der Waals surface area contributed by atoms with E-state index in [1.165, 1.54) is 38.3 Å². The van der Waals surface area contributed by atoms with Gasteiger partial charge in [-0.1, -0.05) is 37.1 Å². The van der Waals surface area contributed by atoms with Gasteiger partial charge in [-0.2, -0.15) is 17.7 Å². The van der Waals surface area contributed by atoms with Gasteiger partial charge in [0.1, 0.15) is 11.6 Å². The number of allylic oxidation sites excluding steroid dienone is 2. The van der Waals surface area contributed by atoms with E-state index in [4.69, 9.17) is 20.4 Å². The number of imidazole rings is 1. The molecule has 1 aliphatic carbocycles. The number of anilines is 1. The van der Waals surface area contributed by atoms with E-state index in [2.05, 4.69) is 28.8 Å². The third-order valence-electron chi connectivity index (χ3n) is 11.6. The van der Waals surface area contributed by atoms with Crippen molar-refractivity contribution in [3.8, 4) is 17.3 Å². The van der Waals surface area contributed by atoms with Crippen molar-refractivity contribution >= 4 is 55.3 Å². The Kier molecular flexibility index (Phi) is 11.4. The Labute approximate surface area is 327 Å². The molecule has 1 aromatic carbocycles. The molecule has 14 nitrogen and oxygen atoms in total. The highest BCUT2D eigenvalue weighted by Crippen LogP contribution is 2.57. The number of hydrogen-bond acceptors (Lipinski definition) is 11. The smallest absolute Gasteiger partial charge is 0.303 e. The number of carbonyl (C=O) groups is 3. The van der Waals surface area contributed by atoms with E-state index in [1.807, 2.05) is 34.9 Å². The van der Waals surface area contributed by atoms with Crippen LogP contribution in [0.2, 0.25) is 0 Å². The number of ketones is 1. The molecule has 4 aliphatic rings. The van der Waals surface area contributed by atoms with Crippen LogP contribution in [0.3, 0.4) is 0 Å². The summed E-state index contributed by atoms with van der Waals surface area (Å²) in [6, 6.07) is 4.73. The van der Waals surface area contributed by atoms with Crippen molar-refractivity contribution in [2.75, 3.05) is 38.6 Å². The second-order valence-electron chi connectivity index (χ2n) is 16.1. The average Bonchev–Trinajstić information content (AvgIpc) is 3.50. The first kappa shape index (κ1) is 39.4. The fourth-order valence-corrected chi connectivity index (χ4v) is 9.85. The van der Waals surface area contributed by atoms with Gasteiger partial charge in [-0.3, -0.25) is 19.0 Å². The van der Waals surface area contributed by atoms with Crippen molar-refractivity contribution in [3.63, 3.8) is 0 Å². The van der Waals surface area contributed by atoms with Crippen molar-refractivity contribution in [2.24, 2.45) is 17.1 Å². The maximum Gasteiger partial charge on any atom is 0.303 e. The van der Waals surface area contributed by atoms with Crippen molar-refractivity contribution in [2.45, 2.75) is 109 Å². The fourth-order valence-electron chi connectivity index (χ4n) is 8.35. The van der Waals surface area contributed by atoms with E-state index in [-0.39, 0.29) is 43.0 Å². The summed E-state index contributed by atoms with van der Waals surface area (Å²) in [6.45, 7) is 6.27. The molecule has 5 atom stereocenters. The SMILES string of the molecule is CC(C)n1c(O[C@@H]2C[C@H]3C(=O)C[C@]4(C(=O)NS(=O)(=O)N(C)C)C[C@H]4/C=C\CCCCC[C@H](N)C(=O)N3C2)nc2c(-c3csc(N4CCCCC4)n3)cccc21. The number of hydrogen-bond donors (Lipinski definition) is 2. The van der Waals surface area contributed by atoms with Gasteiger partial charge in [0.25, 0.3) is 6.01 Å². The topological polar surface area (TPSA) is 173 Å². The monoisotopic (exact) mass is 794 g/mol. The summed E-state index contributed by atoms with van der Waals surface area (Å²) < 4.78 is 37.2. The quantitative estimate of drug-likeness (QED) is 0.302. The Morgan fingerprint density at radius 3 is 2.60 bits per heavy atom. The van der Waals surface area contributed by atoms with Crippen LogP contribution < -0.4 is 20.1 Å². The molecule has 298 valence electrons. The number of para-hydroxylation sites is 1. The van der Waals surface area contributed by atoms with Crippen LogP contribution in [0.4, 0.5) is 5.13 Å². The summed E-state index contributed by atoms with van der Waals surface area (Å²) in [6.07, 6.45) is 11.1. The van der Waals surface area contributed by atoms with Crippen molar-refractivity contribution in [1.82, 2.24) is 28.5 Å². The Hall–Kier alpha value is -3.86. The molecule has 55 heavy (non-hydrogen) atoms. The number of rotatable bonds is 8. The average molecular weight is 795 g/mol. The number of piperidine rings is 1. The zero-order valence-electron chi connectivity index (χ0n) is 32.3. The molecular weight excluding hydrogens is 741 g/mol. The molecule has 2 saturated heterocycles. The number of amides is 2. The van der Waals surface area contributed by atoms with Gasteiger partial charge >= 0.3 is 10.2 Å². The molecule has 3 fully saturated rings. The van der Waals surface area contributed by atoms with E-state index in [0.717, 1.165) is 70.5 Å². The van der Waals surface area contributed by atoms with Crippen LogP contribution in [0.25, 0.3) is 22.3 Å². The van der Waals surface area contributed by atoms with Crippen molar-refractivity contribution < 1.29 is 27.5 Å². The fraction of sp³-hybridized carbons (Fsp3) is 0.615. The van der Waals surface area contributed by atoms with Gasteiger partial charge in [0, 0.05) is 57.0 Å². The molecule has 2 aromatic heterocycles. The molecule has 1 saturated carbocycles. The van der Waals surface area contributed by atoms with Crippen LogP contribution in [-0.2, 0) is 24.6 Å². The first-order valence-corrected chi connectivity index (χ1v) is 22.0. The molecule has 0 bridgehead atoms. The standard InChI is InChI=1S/C39H54N8O6S2/c1-25(2)47-31-17-13-15-28(30-24-54-38(41-30)45-18-11-8-12-19-45)34(31)42-37(47)53-27-20-32-33(48)22-39(36(50)43-55(51,52)44(3)4)21-26(39)14-9-6-5-7-10-16-29(40)35(49)46(32)23-27/h9,13-15,17,24-27,29,32H,5-8,10-12,16,18-23,40H2,1-4H3,(H,43,50)/b14-9-/t26-,27-,29+,32+,39-/m1/s1. The van der Waals surface area contributed by atoms with Crippen LogP contribution in [0.1, 0.15) is 90.5 Å². The van der Waals surface area contributed by atoms with Crippen LogP contribution in [0.15, 0.2) is 35.7 Å². The number of thiazole rings is 1. The van der Waals surface area contributed by atoms with Gasteiger partial charge in [0.2, 0.25) is 11.8 Å². The number of ether oxygens (including phenoxy) is 1. The molecule has 5 heterocycles. The number of Topliss-reactive ketones (excluding diaryl/α,β-unsaturated/α-hetero) is 1. The lowest BCUT2D eigenvalue weighted by Gasteiger charge is -2.27. The van der Waals surface area contributed by atoms with Gasteiger partial charge in [-0.25, -0.2) is 9.71 Å². The third-order valence-corrected chi connectivity index (χ3v) is 13.9. The summed E-state index contributed by atoms with van der Waals surface area (Å²) in [5, 5.41) is 3.10. The molecule has 2 amide bonds. The molecule has 7 rings (SSSR count). The van der Waals surface area contributed by atoms with Crippen molar-refractivity contribution in [1.29, 1.82) is 0 Å². The van der Waals surface area contributed by atoms with Crippen LogP contribution >= 0.6 is 11.3 Å². The maximum atomic E-state index is 14.4. The summed E-state index contributed by atoms with van der Waals surface area (Å²) in [4.78, 5) is 56.0. The van der Waals surface area contributed by atoms with E-state index in [9.17, 15) is 22.8 Å². The largest absolute Gasteiger partial charge is 0.459 e. The minimum atomic E-state index is -4.08. The number of fused-ring (bicyclic) bond motifs is 3. The molecule has 3 aromatic rings. The van der Waals surface area contributed by atoms with Crippen LogP contribution in [-0.4, -0.2) is 102 Å². The highest BCUT2D eigenvalue weighted by Gasteiger charge is 2.61. The lowest BCUT2D eigenvalue weighted by atomic mass is 9.91. The number of carbonyl (C=O) groups excluding carboxylic acids is 3. The number of nitrogens with zero attached hydrogens (tertiary/aromatic N) is 6.